The molecule has 0 spiro atoms. The maximum Gasteiger partial charge on any atom is 0.230 e. The number of hydrogen-bond donors (Lipinski definition) is 1. The lowest BCUT2D eigenvalue weighted by Gasteiger charge is -2.16. The Kier molecular flexibility index (Phi) is 6.75. The normalized spacial score (nSPS) is 16.0. The van der Waals surface area contributed by atoms with Gasteiger partial charge >= 0.3 is 0 Å². The number of rotatable bonds is 6. The molecule has 3 rings (SSSR count). The van der Waals surface area contributed by atoms with Crippen molar-refractivity contribution in [1.29, 1.82) is 0 Å². The van der Waals surface area contributed by atoms with E-state index in [9.17, 15) is 4.79 Å². The molecule has 1 amide bonds. The molecule has 1 fully saturated rings. The van der Waals surface area contributed by atoms with Crippen molar-refractivity contribution in [3.8, 4) is 11.4 Å². The summed E-state index contributed by atoms with van der Waals surface area (Å²) >= 11 is 3.20. The zero-order valence-corrected chi connectivity index (χ0v) is 17.5. The highest BCUT2D eigenvalue weighted by atomic mass is 32.2. The second-order valence-electron chi connectivity index (χ2n) is 7.26. The molecule has 0 aliphatic heterocycles. The fraction of sp³-hybridized carbons (Fsp3) is 0.632. The van der Waals surface area contributed by atoms with E-state index in [1.54, 1.807) is 11.3 Å². The summed E-state index contributed by atoms with van der Waals surface area (Å²) in [6.07, 6.45) is 7.26. The molecule has 1 aliphatic carbocycles. The third kappa shape index (κ3) is 4.88. The summed E-state index contributed by atoms with van der Waals surface area (Å²) in [5, 5.41) is 14.9. The minimum Gasteiger partial charge on any atom is -0.353 e. The Morgan fingerprint density at radius 3 is 2.65 bits per heavy atom. The number of thiophene rings is 1. The Morgan fingerprint density at radius 2 is 2.04 bits per heavy atom. The first-order chi connectivity index (χ1) is 12.5. The number of aryl methyl sites for hydroxylation is 1. The molecule has 7 heteroatoms. The van der Waals surface area contributed by atoms with Gasteiger partial charge in [-0.15, -0.1) is 21.5 Å². The van der Waals surface area contributed by atoms with Crippen molar-refractivity contribution >= 4 is 29.0 Å². The SMILES string of the molecule is Cc1cc(-c2nnc(SCC(=O)NC3CCCCCC3)n2C(C)C)cs1. The molecule has 0 aromatic carbocycles. The van der Waals surface area contributed by atoms with Crippen LogP contribution in [0.4, 0.5) is 0 Å². The molecule has 26 heavy (non-hydrogen) atoms. The fourth-order valence-corrected chi connectivity index (χ4v) is 4.98. The Morgan fingerprint density at radius 1 is 1.31 bits per heavy atom. The second-order valence-corrected chi connectivity index (χ2v) is 9.32. The van der Waals surface area contributed by atoms with Crippen LogP contribution >= 0.6 is 23.1 Å². The first-order valence-electron chi connectivity index (χ1n) is 9.47. The topological polar surface area (TPSA) is 59.8 Å². The third-order valence-electron chi connectivity index (χ3n) is 4.72. The number of carbonyl (C=O) groups excluding carboxylic acids is 1. The van der Waals surface area contributed by atoms with Gasteiger partial charge in [0.15, 0.2) is 11.0 Å². The summed E-state index contributed by atoms with van der Waals surface area (Å²) in [6.45, 7) is 6.35. The van der Waals surface area contributed by atoms with Crippen molar-refractivity contribution in [2.45, 2.75) is 76.5 Å². The zero-order chi connectivity index (χ0) is 18.5. The number of aromatic nitrogens is 3. The van der Waals surface area contributed by atoms with Gasteiger partial charge in [-0.2, -0.15) is 0 Å². The van der Waals surface area contributed by atoms with Gasteiger partial charge in [0.1, 0.15) is 0 Å². The molecule has 0 atom stereocenters. The van der Waals surface area contributed by atoms with Crippen LogP contribution in [0.5, 0.6) is 0 Å². The highest BCUT2D eigenvalue weighted by molar-refractivity contribution is 7.99. The molecule has 2 aromatic rings. The molecule has 1 saturated carbocycles. The molecule has 0 radical (unpaired) electrons. The Bertz CT molecular complexity index is 730. The number of carbonyl (C=O) groups is 1. The Labute approximate surface area is 164 Å². The minimum atomic E-state index is 0.105. The number of nitrogens with zero attached hydrogens (tertiary/aromatic N) is 3. The molecule has 0 bridgehead atoms. The smallest absolute Gasteiger partial charge is 0.230 e. The summed E-state index contributed by atoms with van der Waals surface area (Å²) in [5.74, 6) is 1.38. The molecule has 1 aliphatic rings. The van der Waals surface area contributed by atoms with E-state index in [-0.39, 0.29) is 11.9 Å². The van der Waals surface area contributed by atoms with Crippen molar-refractivity contribution in [2.75, 3.05) is 5.75 Å². The summed E-state index contributed by atoms with van der Waals surface area (Å²) in [6, 6.07) is 2.73. The van der Waals surface area contributed by atoms with E-state index < -0.39 is 0 Å². The molecule has 0 saturated heterocycles. The predicted octanol–water partition coefficient (Wildman–Crippen LogP) is 4.83. The average molecular weight is 393 g/mol. The van der Waals surface area contributed by atoms with E-state index in [1.165, 1.54) is 42.3 Å². The Hall–Kier alpha value is -1.34. The van der Waals surface area contributed by atoms with Crippen molar-refractivity contribution in [2.24, 2.45) is 0 Å². The van der Waals surface area contributed by atoms with E-state index in [0.717, 1.165) is 29.4 Å². The molecule has 142 valence electrons. The van der Waals surface area contributed by atoms with E-state index in [4.69, 9.17) is 0 Å². The number of amides is 1. The third-order valence-corrected chi connectivity index (χ3v) is 6.53. The van der Waals surface area contributed by atoms with Gasteiger partial charge in [0.25, 0.3) is 0 Å². The molecular weight excluding hydrogens is 364 g/mol. The minimum absolute atomic E-state index is 0.105. The standard InChI is InChI=1S/C19H28N4OS2/c1-13(2)23-18(15-10-14(3)25-11-15)21-22-19(23)26-12-17(24)20-16-8-6-4-5-7-9-16/h10-11,13,16H,4-9,12H2,1-3H3,(H,20,24). The molecule has 1 N–H and O–H groups in total. The van der Waals surface area contributed by atoms with E-state index >= 15 is 0 Å². The maximum absolute atomic E-state index is 12.4. The second kappa shape index (κ2) is 9.04. The first kappa shape index (κ1) is 19.4. The number of hydrogen-bond acceptors (Lipinski definition) is 5. The number of nitrogens with one attached hydrogen (secondary N) is 1. The highest BCUT2D eigenvalue weighted by Crippen LogP contribution is 2.30. The van der Waals surface area contributed by atoms with Gasteiger partial charge in [-0.1, -0.05) is 37.4 Å². The lowest BCUT2D eigenvalue weighted by atomic mass is 10.1. The molecule has 0 unspecified atom stereocenters. The number of thioether (sulfide) groups is 1. The van der Waals surface area contributed by atoms with Crippen molar-refractivity contribution in [3.05, 3.63) is 16.3 Å². The van der Waals surface area contributed by atoms with Crippen LogP contribution in [-0.4, -0.2) is 32.5 Å². The average Bonchev–Trinajstić information content (AvgIpc) is 3.13. The van der Waals surface area contributed by atoms with E-state index in [1.807, 2.05) is 0 Å². The van der Waals surface area contributed by atoms with Crippen LogP contribution in [0.2, 0.25) is 0 Å². The summed E-state index contributed by atoms with van der Waals surface area (Å²) in [4.78, 5) is 13.6. The van der Waals surface area contributed by atoms with Gasteiger partial charge in [-0.05, 0) is 39.7 Å². The fourth-order valence-electron chi connectivity index (χ4n) is 3.42. The lowest BCUT2D eigenvalue weighted by molar-refractivity contribution is -0.119. The van der Waals surface area contributed by atoms with Gasteiger partial charge in [0, 0.05) is 27.9 Å². The van der Waals surface area contributed by atoms with Crippen LogP contribution in [0.15, 0.2) is 16.6 Å². The van der Waals surface area contributed by atoms with Gasteiger partial charge in [0.05, 0.1) is 5.75 Å². The maximum atomic E-state index is 12.4. The summed E-state index contributed by atoms with van der Waals surface area (Å²) in [5.41, 5.74) is 1.10. The predicted molar refractivity (Wildman–Crippen MR) is 109 cm³/mol. The van der Waals surface area contributed by atoms with Crippen molar-refractivity contribution in [3.63, 3.8) is 0 Å². The largest absolute Gasteiger partial charge is 0.353 e. The van der Waals surface area contributed by atoms with Crippen LogP contribution in [0.25, 0.3) is 11.4 Å². The highest BCUT2D eigenvalue weighted by Gasteiger charge is 2.20. The van der Waals surface area contributed by atoms with Crippen molar-refractivity contribution in [1.82, 2.24) is 20.1 Å². The van der Waals surface area contributed by atoms with Gasteiger partial charge in [0.2, 0.25) is 5.91 Å². The first-order valence-corrected chi connectivity index (χ1v) is 11.3. The zero-order valence-electron chi connectivity index (χ0n) is 15.8. The van der Waals surface area contributed by atoms with Crippen LogP contribution in [0.1, 0.15) is 63.3 Å². The molecule has 2 aromatic heterocycles. The summed E-state index contributed by atoms with van der Waals surface area (Å²) < 4.78 is 2.13. The van der Waals surface area contributed by atoms with Crippen LogP contribution in [-0.2, 0) is 4.79 Å². The van der Waals surface area contributed by atoms with E-state index in [2.05, 4.69) is 52.3 Å². The van der Waals surface area contributed by atoms with Crippen molar-refractivity contribution < 1.29 is 4.79 Å². The molecule has 5 nitrogen and oxygen atoms in total. The van der Waals surface area contributed by atoms with Gasteiger partial charge < -0.3 is 5.32 Å². The van der Waals surface area contributed by atoms with Gasteiger partial charge in [-0.3, -0.25) is 9.36 Å². The summed E-state index contributed by atoms with van der Waals surface area (Å²) in [7, 11) is 0. The van der Waals surface area contributed by atoms with Crippen LogP contribution in [0, 0.1) is 6.92 Å². The lowest BCUT2D eigenvalue weighted by Crippen LogP contribution is -2.35. The van der Waals surface area contributed by atoms with E-state index in [0.29, 0.717) is 11.8 Å². The monoisotopic (exact) mass is 392 g/mol. The quantitative estimate of drug-likeness (QED) is 0.565. The van der Waals surface area contributed by atoms with Crippen LogP contribution < -0.4 is 5.32 Å². The van der Waals surface area contributed by atoms with Crippen LogP contribution in [0.3, 0.4) is 0 Å². The Balaban J connectivity index is 1.64. The molecular formula is C19H28N4OS2. The van der Waals surface area contributed by atoms with Gasteiger partial charge in [-0.25, -0.2) is 0 Å². The molecule has 2 heterocycles.